The van der Waals surface area contributed by atoms with Crippen molar-refractivity contribution in [3.63, 3.8) is 0 Å². The molecule has 0 radical (unpaired) electrons. The zero-order chi connectivity index (χ0) is 18.4. The molecule has 1 heterocycles. The molecule has 0 saturated carbocycles. The molecule has 5 nitrogen and oxygen atoms in total. The molecule has 3 rings (SSSR count). The van der Waals surface area contributed by atoms with Crippen LogP contribution >= 0.6 is 12.2 Å². The zero-order valence-corrected chi connectivity index (χ0v) is 15.3. The summed E-state index contributed by atoms with van der Waals surface area (Å²) in [5.41, 5.74) is 4.11. The second kappa shape index (κ2) is 8.28. The number of aryl methyl sites for hydroxylation is 1. The van der Waals surface area contributed by atoms with Gasteiger partial charge in [0.15, 0.2) is 5.11 Å². The fourth-order valence-electron chi connectivity index (χ4n) is 2.58. The van der Waals surface area contributed by atoms with Gasteiger partial charge in [0, 0.05) is 30.3 Å². The Kier molecular flexibility index (Phi) is 5.62. The normalized spacial score (nSPS) is 10.2. The lowest BCUT2D eigenvalue weighted by Crippen LogP contribution is -2.27. The molecule has 0 atom stereocenters. The number of nitrogens with zero attached hydrogens (tertiary/aromatic N) is 3. The van der Waals surface area contributed by atoms with Crippen LogP contribution in [0.2, 0.25) is 0 Å². The van der Waals surface area contributed by atoms with Crippen LogP contribution < -0.4 is 10.6 Å². The number of nitriles is 1. The zero-order valence-electron chi connectivity index (χ0n) is 14.4. The average molecular weight is 361 g/mol. The Balaban J connectivity index is 1.53. The van der Waals surface area contributed by atoms with Crippen molar-refractivity contribution >= 4 is 23.0 Å². The summed E-state index contributed by atoms with van der Waals surface area (Å²) in [5, 5.41) is 15.6. The molecule has 26 heavy (non-hydrogen) atoms. The summed E-state index contributed by atoms with van der Waals surface area (Å²) in [5.74, 6) is 0.960. The fraction of sp³-hybridized carbons (Fsp3) is 0.150. The first-order valence-electron chi connectivity index (χ1n) is 8.26. The van der Waals surface area contributed by atoms with E-state index in [9.17, 15) is 0 Å². The van der Waals surface area contributed by atoms with E-state index in [4.69, 9.17) is 17.5 Å². The SMILES string of the molecule is Cc1nccn1-c1ccc(CNC(=S)Nc2ccc(CC#N)cc2)cc1. The van der Waals surface area contributed by atoms with Crippen molar-refractivity contribution in [2.45, 2.75) is 19.9 Å². The summed E-state index contributed by atoms with van der Waals surface area (Å²) in [6.07, 6.45) is 4.16. The molecule has 0 aliphatic carbocycles. The van der Waals surface area contributed by atoms with Gasteiger partial charge in [-0.05, 0) is 54.5 Å². The Labute approximate surface area is 158 Å². The number of nitrogens with one attached hydrogen (secondary N) is 2. The first-order chi connectivity index (χ1) is 12.7. The molecule has 2 aromatic carbocycles. The maximum Gasteiger partial charge on any atom is 0.171 e. The highest BCUT2D eigenvalue weighted by Crippen LogP contribution is 2.12. The van der Waals surface area contributed by atoms with Gasteiger partial charge in [0.25, 0.3) is 0 Å². The molecular formula is C20H19N5S. The van der Waals surface area contributed by atoms with Gasteiger partial charge >= 0.3 is 0 Å². The number of hydrogen-bond donors (Lipinski definition) is 2. The fourth-order valence-corrected chi connectivity index (χ4v) is 2.77. The van der Waals surface area contributed by atoms with Crippen LogP contribution in [-0.2, 0) is 13.0 Å². The molecule has 0 saturated heterocycles. The highest BCUT2D eigenvalue weighted by Gasteiger charge is 2.02. The number of anilines is 1. The minimum absolute atomic E-state index is 0.414. The van der Waals surface area contributed by atoms with Gasteiger partial charge in [0.1, 0.15) is 5.82 Å². The summed E-state index contributed by atoms with van der Waals surface area (Å²) < 4.78 is 2.04. The number of thiocarbonyl (C=S) groups is 1. The number of hydrogen-bond acceptors (Lipinski definition) is 3. The largest absolute Gasteiger partial charge is 0.358 e. The molecule has 3 aromatic rings. The van der Waals surface area contributed by atoms with Crippen molar-refractivity contribution in [3.8, 4) is 11.8 Å². The highest BCUT2D eigenvalue weighted by atomic mass is 32.1. The molecule has 0 aliphatic heterocycles. The molecule has 1 aromatic heterocycles. The standard InChI is InChI=1S/C20H19N5S/c1-15-22-12-13-25(15)19-8-4-17(5-9-19)14-23-20(26)24-18-6-2-16(3-7-18)10-11-21/h2-9,12-13H,10,14H2,1H3,(H2,23,24,26). The lowest BCUT2D eigenvalue weighted by Gasteiger charge is -2.11. The van der Waals surface area contributed by atoms with E-state index in [1.807, 2.05) is 42.0 Å². The highest BCUT2D eigenvalue weighted by molar-refractivity contribution is 7.80. The molecule has 0 bridgehead atoms. The molecule has 6 heteroatoms. The van der Waals surface area contributed by atoms with Gasteiger partial charge in [0.2, 0.25) is 0 Å². The number of imidazole rings is 1. The summed E-state index contributed by atoms with van der Waals surface area (Å²) >= 11 is 5.34. The van der Waals surface area contributed by atoms with Crippen LogP contribution in [-0.4, -0.2) is 14.7 Å². The first-order valence-corrected chi connectivity index (χ1v) is 8.66. The third-order valence-electron chi connectivity index (χ3n) is 3.99. The van der Waals surface area contributed by atoms with E-state index >= 15 is 0 Å². The maximum atomic E-state index is 8.70. The minimum atomic E-state index is 0.414. The molecule has 0 amide bonds. The van der Waals surface area contributed by atoms with Crippen LogP contribution in [0, 0.1) is 18.3 Å². The summed E-state index contributed by atoms with van der Waals surface area (Å²) in [7, 11) is 0. The Morgan fingerprint density at radius 2 is 1.81 bits per heavy atom. The van der Waals surface area contributed by atoms with Gasteiger partial charge in [-0.15, -0.1) is 0 Å². The molecular weight excluding hydrogens is 342 g/mol. The Hall–Kier alpha value is -3.17. The van der Waals surface area contributed by atoms with E-state index in [1.165, 1.54) is 0 Å². The predicted molar refractivity (Wildman–Crippen MR) is 107 cm³/mol. The van der Waals surface area contributed by atoms with Crippen molar-refractivity contribution in [1.29, 1.82) is 5.26 Å². The lowest BCUT2D eigenvalue weighted by molar-refractivity contribution is 0.920. The van der Waals surface area contributed by atoms with E-state index in [1.54, 1.807) is 6.20 Å². The van der Waals surface area contributed by atoms with Crippen LogP contribution in [0.1, 0.15) is 17.0 Å². The molecule has 0 fully saturated rings. The van der Waals surface area contributed by atoms with Crippen LogP contribution in [0.5, 0.6) is 0 Å². The molecule has 0 spiro atoms. The van der Waals surface area contributed by atoms with Gasteiger partial charge in [-0.1, -0.05) is 24.3 Å². The average Bonchev–Trinajstić information content (AvgIpc) is 3.08. The van der Waals surface area contributed by atoms with Crippen molar-refractivity contribution in [1.82, 2.24) is 14.9 Å². The van der Waals surface area contributed by atoms with Gasteiger partial charge in [-0.3, -0.25) is 0 Å². The van der Waals surface area contributed by atoms with Crippen LogP contribution in [0.15, 0.2) is 60.9 Å². The van der Waals surface area contributed by atoms with Gasteiger partial charge < -0.3 is 15.2 Å². The van der Waals surface area contributed by atoms with E-state index in [0.29, 0.717) is 18.1 Å². The van der Waals surface area contributed by atoms with Crippen LogP contribution in [0.25, 0.3) is 5.69 Å². The van der Waals surface area contributed by atoms with Gasteiger partial charge in [-0.2, -0.15) is 5.26 Å². The summed E-state index contributed by atoms with van der Waals surface area (Å²) in [6.45, 7) is 2.62. The monoisotopic (exact) mass is 361 g/mol. The number of rotatable bonds is 5. The molecule has 130 valence electrons. The molecule has 0 aliphatic rings. The van der Waals surface area contributed by atoms with Crippen LogP contribution in [0.3, 0.4) is 0 Å². The Bertz CT molecular complexity index is 920. The van der Waals surface area contributed by atoms with Crippen LogP contribution in [0.4, 0.5) is 5.69 Å². The third-order valence-corrected chi connectivity index (χ3v) is 4.23. The van der Waals surface area contributed by atoms with E-state index < -0.39 is 0 Å². The topological polar surface area (TPSA) is 65.7 Å². The second-order valence-corrected chi connectivity index (χ2v) is 6.26. The van der Waals surface area contributed by atoms with Crippen molar-refractivity contribution in [3.05, 3.63) is 77.9 Å². The lowest BCUT2D eigenvalue weighted by atomic mass is 10.1. The Morgan fingerprint density at radius 3 is 2.42 bits per heavy atom. The predicted octanol–water partition coefficient (Wildman–Crippen LogP) is 3.73. The molecule has 0 unspecified atom stereocenters. The maximum absolute atomic E-state index is 8.70. The first kappa shape index (κ1) is 17.6. The van der Waals surface area contributed by atoms with Crippen molar-refractivity contribution in [2.24, 2.45) is 0 Å². The number of benzene rings is 2. The summed E-state index contributed by atoms with van der Waals surface area (Å²) in [6, 6.07) is 18.1. The van der Waals surface area contributed by atoms with E-state index in [-0.39, 0.29) is 0 Å². The third kappa shape index (κ3) is 4.47. The quantitative estimate of drug-likeness (QED) is 0.678. The Morgan fingerprint density at radius 1 is 1.12 bits per heavy atom. The smallest absolute Gasteiger partial charge is 0.171 e. The van der Waals surface area contributed by atoms with E-state index in [0.717, 1.165) is 28.3 Å². The van der Waals surface area contributed by atoms with E-state index in [2.05, 4.69) is 46.0 Å². The summed E-state index contributed by atoms with van der Waals surface area (Å²) in [4.78, 5) is 4.24. The van der Waals surface area contributed by atoms with Crippen molar-refractivity contribution in [2.75, 3.05) is 5.32 Å². The minimum Gasteiger partial charge on any atom is -0.358 e. The van der Waals surface area contributed by atoms with Crippen molar-refractivity contribution < 1.29 is 0 Å². The molecule has 2 N–H and O–H groups in total. The number of aromatic nitrogens is 2. The van der Waals surface area contributed by atoms with Gasteiger partial charge in [0.05, 0.1) is 12.5 Å². The second-order valence-electron chi connectivity index (χ2n) is 5.85. The van der Waals surface area contributed by atoms with Gasteiger partial charge in [-0.25, -0.2) is 4.98 Å².